The molecule has 174 valence electrons. The maximum absolute atomic E-state index is 13.9. The van der Waals surface area contributed by atoms with Gasteiger partial charge in [0.15, 0.2) is 5.69 Å². The monoisotopic (exact) mass is 472 g/mol. The van der Waals surface area contributed by atoms with Crippen molar-refractivity contribution in [3.63, 3.8) is 0 Å². The first-order valence-electron chi connectivity index (χ1n) is 10.4. The second kappa shape index (κ2) is 10.1. The lowest BCUT2D eigenvalue weighted by Crippen LogP contribution is -2.46. The number of nitrogens with one attached hydrogen (secondary N) is 1. The molecule has 1 aliphatic heterocycles. The van der Waals surface area contributed by atoms with E-state index >= 15 is 0 Å². The molecule has 0 radical (unpaired) electrons. The van der Waals surface area contributed by atoms with Gasteiger partial charge in [-0.1, -0.05) is 0 Å². The Morgan fingerprint density at radius 2 is 1.85 bits per heavy atom. The Morgan fingerprint density at radius 1 is 1.12 bits per heavy atom. The van der Waals surface area contributed by atoms with Crippen LogP contribution in [0.15, 0.2) is 52.7 Å². The number of benzene rings is 2. The van der Waals surface area contributed by atoms with Crippen LogP contribution in [0.3, 0.4) is 0 Å². The fraction of sp³-hybridized carbons (Fsp3) is 0.318. The van der Waals surface area contributed by atoms with Gasteiger partial charge in [-0.15, -0.1) is 10.2 Å². The molecule has 1 aromatic heterocycles. The van der Waals surface area contributed by atoms with E-state index in [-0.39, 0.29) is 16.7 Å². The van der Waals surface area contributed by atoms with Gasteiger partial charge in [-0.25, -0.2) is 9.87 Å². The van der Waals surface area contributed by atoms with E-state index in [2.05, 4.69) is 37.6 Å². The molecule has 1 aliphatic rings. The summed E-state index contributed by atoms with van der Waals surface area (Å²) >= 11 is 4.97. The summed E-state index contributed by atoms with van der Waals surface area (Å²) < 4.78 is 20.9. The number of hydrogen-bond donors (Lipinski definition) is 2. The predicted octanol–water partition coefficient (Wildman–Crippen LogP) is 3.79. The first-order chi connectivity index (χ1) is 16.0. The van der Waals surface area contributed by atoms with Gasteiger partial charge in [0.2, 0.25) is 11.0 Å². The number of azo groups is 1. The van der Waals surface area contributed by atoms with Crippen LogP contribution in [0, 0.1) is 5.82 Å². The van der Waals surface area contributed by atoms with E-state index in [1.807, 2.05) is 12.1 Å². The Labute approximate surface area is 196 Å². The third-order valence-corrected chi connectivity index (χ3v) is 5.72. The molecule has 0 spiro atoms. The van der Waals surface area contributed by atoms with Crippen molar-refractivity contribution in [3.05, 3.63) is 48.3 Å². The normalized spacial score (nSPS) is 14.8. The highest BCUT2D eigenvalue weighted by Gasteiger charge is 2.22. The van der Waals surface area contributed by atoms with Crippen molar-refractivity contribution in [2.75, 3.05) is 45.3 Å². The first kappa shape index (κ1) is 22.9. The van der Waals surface area contributed by atoms with Crippen LogP contribution in [0.25, 0.3) is 10.9 Å². The second-order valence-electron chi connectivity index (χ2n) is 7.52. The van der Waals surface area contributed by atoms with Crippen molar-refractivity contribution < 1.29 is 19.1 Å². The van der Waals surface area contributed by atoms with E-state index in [1.165, 1.54) is 19.2 Å². The fourth-order valence-electron chi connectivity index (χ4n) is 3.88. The number of aromatic hydroxyl groups is 1. The molecule has 0 unspecified atom stereocenters. The lowest BCUT2D eigenvalue weighted by molar-refractivity contribution is 0.145. The molecular weight excluding hydrogens is 447 g/mol. The molecule has 0 aliphatic carbocycles. The summed E-state index contributed by atoms with van der Waals surface area (Å²) in [6.45, 7) is 3.70. The first-order valence-corrected chi connectivity index (χ1v) is 10.8. The van der Waals surface area contributed by atoms with Gasteiger partial charge in [0.1, 0.15) is 11.6 Å². The lowest BCUT2D eigenvalue weighted by Gasteiger charge is -2.36. The van der Waals surface area contributed by atoms with Gasteiger partial charge in [-0.2, -0.15) is 0 Å². The number of fused-ring (bicyclic) bond motifs is 1. The molecule has 4 rings (SSSR count). The van der Waals surface area contributed by atoms with E-state index < -0.39 is 5.82 Å². The van der Waals surface area contributed by atoms with Gasteiger partial charge < -0.3 is 14.7 Å². The molecule has 2 heterocycles. The van der Waals surface area contributed by atoms with Crippen molar-refractivity contribution in [1.82, 2.24) is 14.9 Å². The van der Waals surface area contributed by atoms with Crippen LogP contribution in [0.2, 0.25) is 0 Å². The van der Waals surface area contributed by atoms with E-state index in [9.17, 15) is 9.50 Å². The summed E-state index contributed by atoms with van der Waals surface area (Å²) in [4.78, 5) is 9.23. The molecule has 1 saturated heterocycles. The summed E-state index contributed by atoms with van der Waals surface area (Å²) in [5.41, 5.74) is 4.33. The number of ether oxygens (including phenoxy) is 1. The zero-order valence-corrected chi connectivity index (χ0v) is 19.2. The Balaban J connectivity index is 1.51. The van der Waals surface area contributed by atoms with Gasteiger partial charge >= 0.3 is 0 Å². The van der Waals surface area contributed by atoms with Crippen molar-refractivity contribution >= 4 is 39.6 Å². The molecule has 0 bridgehead atoms. The zero-order chi connectivity index (χ0) is 23.4. The number of hydrogen-bond acceptors (Lipinski definition) is 7. The van der Waals surface area contributed by atoms with Crippen LogP contribution in [-0.4, -0.2) is 60.1 Å². The van der Waals surface area contributed by atoms with Crippen LogP contribution in [0.5, 0.6) is 11.6 Å². The third-order valence-electron chi connectivity index (χ3n) is 5.55. The average molecular weight is 473 g/mol. The van der Waals surface area contributed by atoms with Crippen molar-refractivity contribution in [2.45, 2.75) is 6.67 Å². The highest BCUT2D eigenvalue weighted by atomic mass is 32.1. The molecule has 0 saturated carbocycles. The largest absolute Gasteiger partial charge is 0.497 e. The van der Waals surface area contributed by atoms with Crippen molar-refractivity contribution in [3.8, 4) is 11.6 Å². The van der Waals surface area contributed by atoms with E-state index in [0.29, 0.717) is 17.6 Å². The van der Waals surface area contributed by atoms with E-state index in [4.69, 9.17) is 21.8 Å². The number of halogens is 1. The number of anilines is 1. The van der Waals surface area contributed by atoms with Crippen LogP contribution in [0.1, 0.15) is 0 Å². The molecule has 0 atom stereocenters. The number of methoxy groups -OCH3 is 1. The average Bonchev–Trinajstić information content (AvgIpc) is 3.08. The molecule has 1 fully saturated rings. The van der Waals surface area contributed by atoms with Gasteiger partial charge in [-0.05, 0) is 54.7 Å². The van der Waals surface area contributed by atoms with Crippen LogP contribution in [0.4, 0.5) is 15.8 Å². The zero-order valence-electron chi connectivity index (χ0n) is 18.4. The molecule has 3 aromatic rings. The Bertz CT molecular complexity index is 1160. The van der Waals surface area contributed by atoms with Crippen molar-refractivity contribution in [1.29, 1.82) is 0 Å². The molecule has 0 amide bonds. The van der Waals surface area contributed by atoms with Crippen molar-refractivity contribution in [2.24, 2.45) is 10.2 Å². The number of aromatic nitrogens is 1. The number of rotatable bonds is 6. The van der Waals surface area contributed by atoms with Crippen LogP contribution in [-0.2, 0) is 11.5 Å². The predicted molar refractivity (Wildman–Crippen MR) is 128 cm³/mol. The number of nitrogens with zero attached hydrogens (tertiary/aromatic N) is 5. The molecule has 9 nitrogen and oxygen atoms in total. The molecule has 2 N–H and O–H groups in total. The second-order valence-corrected chi connectivity index (χ2v) is 7.90. The standard InChI is InChI=1S/C22H25FN6O3S/c1-31-17-6-4-16(5-7-17)28-11-9-27(10-12-28)14-29-19-8-3-15(23)13-18(19)20(21(29)30)24-25-22(33)26-32-2/h3-8,13,30H,9-12,14H2,1-2H3,(H,26,33). The molecule has 33 heavy (non-hydrogen) atoms. The Kier molecular flexibility index (Phi) is 7.02. The minimum absolute atomic E-state index is 0.0103. The highest BCUT2D eigenvalue weighted by molar-refractivity contribution is 7.80. The van der Waals surface area contributed by atoms with Gasteiger partial charge in [-0.3, -0.25) is 14.3 Å². The number of hydroxylamine groups is 1. The summed E-state index contributed by atoms with van der Waals surface area (Å²) in [6.07, 6.45) is 0. The summed E-state index contributed by atoms with van der Waals surface area (Å²) in [6, 6.07) is 12.3. The smallest absolute Gasteiger partial charge is 0.237 e. The summed E-state index contributed by atoms with van der Waals surface area (Å²) in [5.74, 6) is 0.300. The maximum atomic E-state index is 13.9. The molecule has 11 heteroatoms. The van der Waals surface area contributed by atoms with E-state index in [0.717, 1.165) is 37.6 Å². The van der Waals surface area contributed by atoms with Crippen LogP contribution < -0.4 is 15.1 Å². The van der Waals surface area contributed by atoms with Gasteiger partial charge in [0.25, 0.3) is 0 Å². The maximum Gasteiger partial charge on any atom is 0.237 e. The Hall–Kier alpha value is -3.28. The number of thiocarbonyl (C=S) groups is 1. The lowest BCUT2D eigenvalue weighted by atomic mass is 10.2. The Morgan fingerprint density at radius 3 is 2.52 bits per heavy atom. The minimum atomic E-state index is -0.429. The number of piperazine rings is 1. The quantitative estimate of drug-likeness (QED) is 0.321. The SMILES string of the molecule is CONC(=S)N=Nc1c(O)n(CN2CCN(c3ccc(OC)cc3)CC2)c2ccc(F)cc12. The summed E-state index contributed by atoms with van der Waals surface area (Å²) in [7, 11) is 3.05. The highest BCUT2D eigenvalue weighted by Crippen LogP contribution is 2.39. The molecule has 2 aromatic carbocycles. The minimum Gasteiger partial charge on any atom is -0.497 e. The molecular formula is C22H25FN6O3S. The van der Waals surface area contributed by atoms with Gasteiger partial charge in [0, 0.05) is 37.3 Å². The third kappa shape index (κ3) is 5.05. The fourth-order valence-corrected chi connectivity index (χ4v) is 4.01. The van der Waals surface area contributed by atoms with Gasteiger partial charge in [0.05, 0.1) is 26.4 Å². The summed E-state index contributed by atoms with van der Waals surface area (Å²) in [5, 5.41) is 19.2. The topological polar surface area (TPSA) is 86.8 Å². The van der Waals surface area contributed by atoms with E-state index in [1.54, 1.807) is 17.7 Å². The van der Waals surface area contributed by atoms with Crippen LogP contribution >= 0.6 is 12.2 Å².